The van der Waals surface area contributed by atoms with Crippen molar-refractivity contribution in [2.45, 2.75) is 11.8 Å². The van der Waals surface area contributed by atoms with Crippen LogP contribution in [0.2, 0.25) is 0 Å². The van der Waals surface area contributed by atoms with Crippen molar-refractivity contribution in [1.29, 1.82) is 0 Å². The average molecular weight is 629 g/mol. The molecule has 2 aromatic heterocycles. The number of aryl methyl sites for hydroxylation is 1. The third kappa shape index (κ3) is 6.16. The lowest BCUT2D eigenvalue weighted by atomic mass is 10.2. The van der Waals surface area contributed by atoms with E-state index in [4.69, 9.17) is 14.5 Å². The van der Waals surface area contributed by atoms with Gasteiger partial charge in [-0.25, -0.2) is 23.1 Å². The van der Waals surface area contributed by atoms with Gasteiger partial charge in [0.1, 0.15) is 5.75 Å². The van der Waals surface area contributed by atoms with Gasteiger partial charge >= 0.3 is 0 Å². The molecular weight excluding hydrogens is 596 g/mol. The van der Waals surface area contributed by atoms with E-state index < -0.39 is 10.0 Å². The van der Waals surface area contributed by atoms with Crippen LogP contribution in [0.5, 0.6) is 5.75 Å². The summed E-state index contributed by atoms with van der Waals surface area (Å²) >= 11 is 0. The third-order valence-electron chi connectivity index (χ3n) is 7.41. The monoisotopic (exact) mass is 628 g/mol. The summed E-state index contributed by atoms with van der Waals surface area (Å²) in [6.07, 6.45) is 1.59. The van der Waals surface area contributed by atoms with Gasteiger partial charge in [-0.2, -0.15) is 9.29 Å². The SMILES string of the molecule is COc1ccc(C(=O)Nc2nc3c(C)cccc3n2N(C)c2ccnc(Nc3cccc(S(=O)(=O)N4CCOCC4)c3)n2)cc1. The molecule has 13 nitrogen and oxygen atoms in total. The number of benzene rings is 3. The molecule has 5 aromatic rings. The number of imidazole rings is 1. The highest BCUT2D eigenvalue weighted by Crippen LogP contribution is 2.27. The van der Waals surface area contributed by atoms with Crippen molar-refractivity contribution in [3.63, 3.8) is 0 Å². The first-order chi connectivity index (χ1) is 21.7. The molecule has 0 radical (unpaired) electrons. The van der Waals surface area contributed by atoms with Gasteiger partial charge in [0, 0.05) is 43.7 Å². The van der Waals surface area contributed by atoms with Crippen molar-refractivity contribution in [2.75, 3.05) is 56.1 Å². The van der Waals surface area contributed by atoms with Crippen LogP contribution in [0.1, 0.15) is 15.9 Å². The fraction of sp³-hybridized carbons (Fsp3) is 0.226. The molecule has 1 saturated heterocycles. The fourth-order valence-corrected chi connectivity index (χ4v) is 6.47. The van der Waals surface area contributed by atoms with Crippen LogP contribution in [-0.4, -0.2) is 78.7 Å². The Morgan fingerprint density at radius 1 is 1.00 bits per heavy atom. The number of rotatable bonds is 9. The second-order valence-corrected chi connectivity index (χ2v) is 12.2. The van der Waals surface area contributed by atoms with Crippen LogP contribution >= 0.6 is 0 Å². The highest BCUT2D eigenvalue weighted by Gasteiger charge is 2.26. The van der Waals surface area contributed by atoms with E-state index in [0.717, 1.165) is 16.6 Å². The Hall–Kier alpha value is -5.05. The van der Waals surface area contributed by atoms with Gasteiger partial charge in [-0.15, -0.1) is 0 Å². The number of aromatic nitrogens is 4. The lowest BCUT2D eigenvalue weighted by Gasteiger charge is -2.26. The molecule has 0 atom stereocenters. The molecule has 0 bridgehead atoms. The maximum Gasteiger partial charge on any atom is 0.258 e. The van der Waals surface area contributed by atoms with Crippen LogP contribution in [0.25, 0.3) is 11.0 Å². The third-order valence-corrected chi connectivity index (χ3v) is 9.31. The highest BCUT2D eigenvalue weighted by molar-refractivity contribution is 7.89. The fourth-order valence-electron chi connectivity index (χ4n) is 5.02. The van der Waals surface area contributed by atoms with E-state index in [0.29, 0.717) is 55.1 Å². The minimum absolute atomic E-state index is 0.167. The normalized spacial score (nSPS) is 13.8. The first-order valence-electron chi connectivity index (χ1n) is 14.2. The average Bonchev–Trinajstić information content (AvgIpc) is 3.44. The molecule has 6 rings (SSSR count). The lowest BCUT2D eigenvalue weighted by molar-refractivity contribution is 0.0730. The largest absolute Gasteiger partial charge is 0.497 e. The summed E-state index contributed by atoms with van der Waals surface area (Å²) in [5.74, 6) is 1.36. The topological polar surface area (TPSA) is 144 Å². The van der Waals surface area contributed by atoms with Crippen LogP contribution in [0.15, 0.2) is 83.9 Å². The van der Waals surface area contributed by atoms with Gasteiger partial charge in [-0.05, 0) is 61.0 Å². The first kappa shape index (κ1) is 30.0. The van der Waals surface area contributed by atoms with Crippen LogP contribution < -0.4 is 20.4 Å². The maximum atomic E-state index is 13.2. The van der Waals surface area contributed by atoms with Crippen molar-refractivity contribution < 1.29 is 22.7 Å². The minimum atomic E-state index is -3.68. The quantitative estimate of drug-likeness (QED) is 0.245. The number of hydrogen-bond donors (Lipinski definition) is 2. The predicted molar refractivity (Wildman–Crippen MR) is 171 cm³/mol. The Morgan fingerprint density at radius 2 is 1.76 bits per heavy atom. The molecule has 0 unspecified atom stereocenters. The molecule has 3 heterocycles. The Bertz CT molecular complexity index is 1960. The second-order valence-electron chi connectivity index (χ2n) is 10.3. The molecule has 0 saturated carbocycles. The van der Waals surface area contributed by atoms with Crippen molar-refractivity contribution in [1.82, 2.24) is 23.9 Å². The van der Waals surface area contributed by atoms with E-state index in [1.165, 1.54) is 4.31 Å². The van der Waals surface area contributed by atoms with E-state index >= 15 is 0 Å². The number of carbonyl (C=O) groups excluding carboxylic acids is 1. The second kappa shape index (κ2) is 12.5. The Kier molecular flexibility index (Phi) is 8.34. The number of amides is 1. The maximum absolute atomic E-state index is 13.2. The minimum Gasteiger partial charge on any atom is -0.497 e. The van der Waals surface area contributed by atoms with Crippen LogP contribution in [0.4, 0.5) is 23.4 Å². The van der Waals surface area contributed by atoms with E-state index in [2.05, 4.69) is 20.6 Å². The molecular formula is C31H32N8O5S. The van der Waals surface area contributed by atoms with Gasteiger partial charge in [0.05, 0.1) is 36.3 Å². The molecule has 1 aliphatic heterocycles. The summed E-state index contributed by atoms with van der Waals surface area (Å²) in [5, 5.41) is 7.81. The summed E-state index contributed by atoms with van der Waals surface area (Å²) in [5.41, 5.74) is 3.38. The number of carbonyl (C=O) groups is 1. The van der Waals surface area contributed by atoms with Gasteiger partial charge < -0.3 is 14.8 Å². The first-order valence-corrected chi connectivity index (χ1v) is 15.6. The molecule has 0 aliphatic carbocycles. The van der Waals surface area contributed by atoms with Gasteiger partial charge in [0.15, 0.2) is 5.82 Å². The number of hydrogen-bond acceptors (Lipinski definition) is 10. The molecule has 14 heteroatoms. The molecule has 3 aromatic carbocycles. The van der Waals surface area contributed by atoms with Crippen molar-refractivity contribution in [3.05, 3.63) is 90.1 Å². The van der Waals surface area contributed by atoms with Crippen LogP contribution in [0.3, 0.4) is 0 Å². The number of para-hydroxylation sites is 1. The van der Waals surface area contributed by atoms with E-state index in [9.17, 15) is 13.2 Å². The zero-order valence-corrected chi connectivity index (χ0v) is 25.8. The number of ether oxygens (including phenoxy) is 2. The van der Waals surface area contributed by atoms with E-state index in [-0.39, 0.29) is 16.8 Å². The molecule has 2 N–H and O–H groups in total. The Balaban J connectivity index is 1.29. The van der Waals surface area contributed by atoms with Gasteiger partial charge in [-0.1, -0.05) is 18.2 Å². The van der Waals surface area contributed by atoms with E-state index in [1.807, 2.05) is 25.1 Å². The van der Waals surface area contributed by atoms with Crippen molar-refractivity contribution >= 4 is 50.4 Å². The molecule has 45 heavy (non-hydrogen) atoms. The number of nitrogens with one attached hydrogen (secondary N) is 2. The number of nitrogens with zero attached hydrogens (tertiary/aromatic N) is 6. The summed E-state index contributed by atoms with van der Waals surface area (Å²) in [4.78, 5) is 27.2. The summed E-state index contributed by atoms with van der Waals surface area (Å²) < 4.78 is 40.1. The number of morpholine rings is 1. The number of sulfonamides is 1. The number of anilines is 4. The van der Waals surface area contributed by atoms with Crippen molar-refractivity contribution in [2.24, 2.45) is 0 Å². The zero-order valence-electron chi connectivity index (χ0n) is 25.0. The molecule has 0 spiro atoms. The van der Waals surface area contributed by atoms with E-state index in [1.54, 1.807) is 84.6 Å². The van der Waals surface area contributed by atoms with Gasteiger partial charge in [-0.3, -0.25) is 15.1 Å². The lowest BCUT2D eigenvalue weighted by Crippen LogP contribution is -2.40. The summed E-state index contributed by atoms with van der Waals surface area (Å²) in [7, 11) is -0.310. The molecule has 1 amide bonds. The highest BCUT2D eigenvalue weighted by atomic mass is 32.2. The van der Waals surface area contributed by atoms with Gasteiger partial charge in [0.25, 0.3) is 5.91 Å². The summed E-state index contributed by atoms with van der Waals surface area (Å²) in [6.45, 7) is 3.30. The Labute approximate surface area is 260 Å². The standard InChI is InChI=1S/C31H32N8O5S/c1-21-6-4-9-26-28(21)35-31(36-29(40)22-10-12-24(43-3)13-11-22)39(26)37(2)27-14-15-32-30(34-27)33-23-7-5-8-25(20-23)45(41,42)38-16-18-44-19-17-38/h4-15,20H,16-19H2,1-3H3,(H,32,33,34)(H,35,36,40). The summed E-state index contributed by atoms with van der Waals surface area (Å²) in [6, 6.07) is 20.8. The number of methoxy groups -OCH3 is 1. The number of fused-ring (bicyclic) bond motifs is 1. The zero-order chi connectivity index (χ0) is 31.6. The van der Waals surface area contributed by atoms with Gasteiger partial charge in [0.2, 0.25) is 21.9 Å². The smallest absolute Gasteiger partial charge is 0.258 e. The molecule has 1 aliphatic rings. The molecule has 1 fully saturated rings. The van der Waals surface area contributed by atoms with Crippen LogP contribution in [-0.2, 0) is 14.8 Å². The van der Waals surface area contributed by atoms with Crippen LogP contribution in [0, 0.1) is 6.92 Å². The molecule has 232 valence electrons. The van der Waals surface area contributed by atoms with Crippen molar-refractivity contribution in [3.8, 4) is 5.75 Å². The Morgan fingerprint density at radius 3 is 2.51 bits per heavy atom. The predicted octanol–water partition coefficient (Wildman–Crippen LogP) is 4.06.